The maximum absolute atomic E-state index is 10.6. The van der Waals surface area contributed by atoms with E-state index >= 15 is 0 Å². The summed E-state index contributed by atoms with van der Waals surface area (Å²) in [5.74, 6) is 1.08. The van der Waals surface area contributed by atoms with Crippen LogP contribution in [-0.4, -0.2) is 17.0 Å². The molecule has 0 unspecified atom stereocenters. The Kier molecular flexibility index (Phi) is 3.15. The zero-order valence-electron chi connectivity index (χ0n) is 9.21. The molecule has 1 N–H and O–H groups in total. The molecule has 2 rings (SSSR count). The Hall–Kier alpha value is -2.21. The fraction of sp³-hybridized carbons (Fsp3) is 0.182. The summed E-state index contributed by atoms with van der Waals surface area (Å²) >= 11 is 0. The fourth-order valence-corrected chi connectivity index (χ4v) is 1.45. The van der Waals surface area contributed by atoms with E-state index in [0.29, 0.717) is 23.8 Å². The number of nitro groups is 1. The van der Waals surface area contributed by atoms with E-state index in [1.54, 1.807) is 25.4 Å². The Morgan fingerprint density at radius 1 is 1.53 bits per heavy atom. The molecule has 6 nitrogen and oxygen atoms in total. The van der Waals surface area contributed by atoms with Crippen LogP contribution in [0.25, 0.3) is 11.3 Å². The summed E-state index contributed by atoms with van der Waals surface area (Å²) in [6.45, 7) is 0.523. The largest absolute Gasteiger partial charge is 0.439 e. The van der Waals surface area contributed by atoms with Crippen molar-refractivity contribution >= 4 is 5.69 Å². The maximum atomic E-state index is 10.6. The van der Waals surface area contributed by atoms with E-state index in [2.05, 4.69) is 10.3 Å². The van der Waals surface area contributed by atoms with Crippen molar-refractivity contribution in [3.8, 4) is 11.3 Å². The van der Waals surface area contributed by atoms with Gasteiger partial charge in [0.2, 0.25) is 5.89 Å². The van der Waals surface area contributed by atoms with Crippen molar-refractivity contribution in [1.29, 1.82) is 0 Å². The molecule has 0 bridgehead atoms. The van der Waals surface area contributed by atoms with Crippen molar-refractivity contribution in [3.63, 3.8) is 0 Å². The van der Waals surface area contributed by atoms with Gasteiger partial charge in [0, 0.05) is 17.7 Å². The van der Waals surface area contributed by atoms with Crippen molar-refractivity contribution in [3.05, 3.63) is 46.5 Å². The van der Waals surface area contributed by atoms with Crippen LogP contribution in [0.3, 0.4) is 0 Å². The van der Waals surface area contributed by atoms with Gasteiger partial charge in [-0.05, 0) is 7.05 Å². The van der Waals surface area contributed by atoms with Gasteiger partial charge in [0.1, 0.15) is 0 Å². The highest BCUT2D eigenvalue weighted by Crippen LogP contribution is 2.24. The second-order valence-electron chi connectivity index (χ2n) is 3.46. The molecule has 2 aromatic rings. The predicted octanol–water partition coefficient (Wildman–Crippen LogP) is 1.97. The lowest BCUT2D eigenvalue weighted by Gasteiger charge is -1.96. The van der Waals surface area contributed by atoms with E-state index in [1.807, 2.05) is 0 Å². The molecule has 0 aliphatic heterocycles. The van der Waals surface area contributed by atoms with Gasteiger partial charge in [-0.3, -0.25) is 10.1 Å². The van der Waals surface area contributed by atoms with Gasteiger partial charge >= 0.3 is 0 Å². The van der Waals surface area contributed by atoms with Crippen molar-refractivity contribution in [2.24, 2.45) is 0 Å². The average molecular weight is 233 g/mol. The highest BCUT2D eigenvalue weighted by Gasteiger charge is 2.10. The summed E-state index contributed by atoms with van der Waals surface area (Å²) in [6, 6.07) is 6.27. The van der Waals surface area contributed by atoms with Crippen LogP contribution in [0.4, 0.5) is 5.69 Å². The van der Waals surface area contributed by atoms with Gasteiger partial charge in [-0.2, -0.15) is 0 Å². The number of benzene rings is 1. The fourth-order valence-electron chi connectivity index (χ4n) is 1.45. The molecule has 6 heteroatoms. The van der Waals surface area contributed by atoms with Crippen LogP contribution in [0.5, 0.6) is 0 Å². The summed E-state index contributed by atoms with van der Waals surface area (Å²) in [4.78, 5) is 14.3. The summed E-state index contributed by atoms with van der Waals surface area (Å²) in [6.07, 6.45) is 1.56. The minimum Gasteiger partial charge on any atom is -0.439 e. The maximum Gasteiger partial charge on any atom is 0.270 e. The zero-order valence-corrected chi connectivity index (χ0v) is 9.21. The van der Waals surface area contributed by atoms with Gasteiger partial charge < -0.3 is 9.73 Å². The number of hydrogen-bond acceptors (Lipinski definition) is 5. The first-order chi connectivity index (χ1) is 8.20. The number of hydrogen-bond donors (Lipinski definition) is 1. The predicted molar refractivity (Wildman–Crippen MR) is 61.4 cm³/mol. The third-order valence-electron chi connectivity index (χ3n) is 2.22. The Labute approximate surface area is 97.4 Å². The van der Waals surface area contributed by atoms with Gasteiger partial charge in [0.15, 0.2) is 5.76 Å². The summed E-state index contributed by atoms with van der Waals surface area (Å²) < 4.78 is 5.45. The highest BCUT2D eigenvalue weighted by molar-refractivity contribution is 5.60. The number of nitrogens with zero attached hydrogens (tertiary/aromatic N) is 2. The molecule has 88 valence electrons. The number of non-ortho nitro benzene ring substituents is 1. The van der Waals surface area contributed by atoms with Crippen molar-refractivity contribution in [2.75, 3.05) is 7.05 Å². The lowest BCUT2D eigenvalue weighted by Crippen LogP contribution is -2.04. The number of oxazole rings is 1. The standard InChI is InChI=1S/C11H11N3O3/c1-12-7-11-13-6-10(17-11)8-3-2-4-9(5-8)14(15)16/h2-6,12H,7H2,1H3. The van der Waals surface area contributed by atoms with E-state index < -0.39 is 4.92 Å². The average Bonchev–Trinajstić information content (AvgIpc) is 2.78. The van der Waals surface area contributed by atoms with Crippen LogP contribution in [0.1, 0.15) is 5.89 Å². The van der Waals surface area contributed by atoms with Crippen molar-refractivity contribution in [2.45, 2.75) is 6.54 Å². The number of aromatic nitrogens is 1. The van der Waals surface area contributed by atoms with Crippen LogP contribution in [0.15, 0.2) is 34.9 Å². The van der Waals surface area contributed by atoms with E-state index in [4.69, 9.17) is 4.42 Å². The third kappa shape index (κ3) is 2.48. The molecule has 0 aliphatic rings. The van der Waals surface area contributed by atoms with E-state index in [-0.39, 0.29) is 5.69 Å². The number of nitrogens with one attached hydrogen (secondary N) is 1. The van der Waals surface area contributed by atoms with Crippen LogP contribution < -0.4 is 5.32 Å². The molecular formula is C11H11N3O3. The van der Waals surface area contributed by atoms with Crippen molar-refractivity contribution in [1.82, 2.24) is 10.3 Å². The molecule has 0 saturated heterocycles. The molecule has 1 aromatic carbocycles. The lowest BCUT2D eigenvalue weighted by atomic mass is 10.2. The Morgan fingerprint density at radius 2 is 2.35 bits per heavy atom. The normalized spacial score (nSPS) is 10.4. The second-order valence-corrected chi connectivity index (χ2v) is 3.46. The quantitative estimate of drug-likeness (QED) is 0.645. The summed E-state index contributed by atoms with van der Waals surface area (Å²) in [7, 11) is 1.79. The molecule has 17 heavy (non-hydrogen) atoms. The third-order valence-corrected chi connectivity index (χ3v) is 2.22. The van der Waals surface area contributed by atoms with Gasteiger partial charge in [-0.15, -0.1) is 0 Å². The van der Waals surface area contributed by atoms with Gasteiger partial charge in [0.25, 0.3) is 5.69 Å². The molecule has 0 amide bonds. The Bertz CT molecular complexity index is 536. The first kappa shape index (κ1) is 11.3. The Morgan fingerprint density at radius 3 is 3.06 bits per heavy atom. The molecule has 0 fully saturated rings. The molecule has 0 aliphatic carbocycles. The number of nitro benzene ring substituents is 1. The Balaban J connectivity index is 2.32. The molecule has 1 aromatic heterocycles. The monoisotopic (exact) mass is 233 g/mol. The zero-order chi connectivity index (χ0) is 12.3. The molecule has 0 saturated carbocycles. The molecular weight excluding hydrogens is 222 g/mol. The SMILES string of the molecule is CNCc1ncc(-c2cccc([N+](=O)[O-])c2)o1. The second kappa shape index (κ2) is 4.75. The molecule has 1 heterocycles. The van der Waals surface area contributed by atoms with E-state index in [0.717, 1.165) is 0 Å². The smallest absolute Gasteiger partial charge is 0.270 e. The lowest BCUT2D eigenvalue weighted by molar-refractivity contribution is -0.384. The highest BCUT2D eigenvalue weighted by atomic mass is 16.6. The first-order valence-electron chi connectivity index (χ1n) is 5.05. The van der Waals surface area contributed by atoms with Gasteiger partial charge in [-0.25, -0.2) is 4.98 Å². The molecule has 0 atom stereocenters. The van der Waals surface area contributed by atoms with Crippen LogP contribution in [0.2, 0.25) is 0 Å². The van der Waals surface area contributed by atoms with Crippen molar-refractivity contribution < 1.29 is 9.34 Å². The molecule has 0 radical (unpaired) electrons. The van der Waals surface area contributed by atoms with Gasteiger partial charge in [0.05, 0.1) is 17.7 Å². The number of rotatable bonds is 4. The van der Waals surface area contributed by atoms with Crippen LogP contribution in [-0.2, 0) is 6.54 Å². The first-order valence-corrected chi connectivity index (χ1v) is 5.05. The minimum atomic E-state index is -0.436. The van der Waals surface area contributed by atoms with E-state index in [9.17, 15) is 10.1 Å². The van der Waals surface area contributed by atoms with Crippen LogP contribution in [0, 0.1) is 10.1 Å². The molecule has 0 spiro atoms. The van der Waals surface area contributed by atoms with E-state index in [1.165, 1.54) is 12.1 Å². The van der Waals surface area contributed by atoms with Gasteiger partial charge in [-0.1, -0.05) is 12.1 Å². The summed E-state index contributed by atoms with van der Waals surface area (Å²) in [5.41, 5.74) is 0.683. The van der Waals surface area contributed by atoms with Crippen LogP contribution >= 0.6 is 0 Å². The summed E-state index contributed by atoms with van der Waals surface area (Å²) in [5, 5.41) is 13.6. The minimum absolute atomic E-state index is 0.0362. The topological polar surface area (TPSA) is 81.2 Å².